The summed E-state index contributed by atoms with van der Waals surface area (Å²) in [6.45, 7) is 5.75. The largest absolute Gasteiger partial charge is 0.368 e. The fourth-order valence-corrected chi connectivity index (χ4v) is 5.77. The number of hydrogen-bond donors (Lipinski definition) is 0. The van der Waals surface area contributed by atoms with Crippen LogP contribution in [0, 0.1) is 6.92 Å². The van der Waals surface area contributed by atoms with Gasteiger partial charge in [0.15, 0.2) is 0 Å². The van der Waals surface area contributed by atoms with Crippen molar-refractivity contribution in [1.82, 2.24) is 9.21 Å². The van der Waals surface area contributed by atoms with E-state index in [9.17, 15) is 13.2 Å². The SMILES string of the molecule is Cc1ccc(S(=O)(=O)N2CCCCC2)cc1C(=O)N1CCN(c2ccccc2)CC1. The lowest BCUT2D eigenvalue weighted by molar-refractivity contribution is 0.0746. The van der Waals surface area contributed by atoms with Gasteiger partial charge < -0.3 is 9.80 Å². The topological polar surface area (TPSA) is 60.9 Å². The van der Waals surface area contributed by atoms with Crippen LogP contribution in [-0.2, 0) is 10.0 Å². The van der Waals surface area contributed by atoms with Crippen LogP contribution in [0.3, 0.4) is 0 Å². The Morgan fingerprint density at radius 1 is 0.833 bits per heavy atom. The Hall–Kier alpha value is -2.38. The van der Waals surface area contributed by atoms with Crippen molar-refractivity contribution < 1.29 is 13.2 Å². The number of amides is 1. The van der Waals surface area contributed by atoms with Gasteiger partial charge in [0.1, 0.15) is 0 Å². The number of piperazine rings is 1. The second-order valence-corrected chi connectivity index (χ2v) is 9.99. The molecule has 2 aromatic rings. The van der Waals surface area contributed by atoms with Crippen molar-refractivity contribution in [2.45, 2.75) is 31.1 Å². The minimum atomic E-state index is -3.56. The Bertz CT molecular complexity index is 994. The minimum Gasteiger partial charge on any atom is -0.368 e. The molecule has 0 saturated carbocycles. The third-order valence-electron chi connectivity index (χ3n) is 6.08. The molecule has 0 spiro atoms. The van der Waals surface area contributed by atoms with Crippen molar-refractivity contribution in [3.63, 3.8) is 0 Å². The van der Waals surface area contributed by atoms with Gasteiger partial charge in [-0.25, -0.2) is 8.42 Å². The van der Waals surface area contributed by atoms with Gasteiger partial charge in [-0.1, -0.05) is 30.7 Å². The molecule has 30 heavy (non-hydrogen) atoms. The lowest BCUT2D eigenvalue weighted by Gasteiger charge is -2.36. The molecule has 160 valence electrons. The summed E-state index contributed by atoms with van der Waals surface area (Å²) in [6, 6.07) is 15.2. The second-order valence-electron chi connectivity index (χ2n) is 8.06. The lowest BCUT2D eigenvalue weighted by Crippen LogP contribution is -2.49. The lowest BCUT2D eigenvalue weighted by atomic mass is 10.1. The zero-order valence-electron chi connectivity index (χ0n) is 17.5. The van der Waals surface area contributed by atoms with Crippen LogP contribution in [-0.4, -0.2) is 62.8 Å². The second kappa shape index (κ2) is 8.78. The third-order valence-corrected chi connectivity index (χ3v) is 7.98. The van der Waals surface area contributed by atoms with E-state index >= 15 is 0 Å². The molecule has 0 radical (unpaired) electrons. The number of sulfonamides is 1. The Morgan fingerprint density at radius 3 is 2.17 bits per heavy atom. The standard InChI is InChI=1S/C23H29N3O3S/c1-19-10-11-21(30(28,29)26-12-6-3-7-13-26)18-22(19)23(27)25-16-14-24(15-17-25)20-8-4-2-5-9-20/h2,4-5,8-11,18H,3,6-7,12-17H2,1H3. The maximum Gasteiger partial charge on any atom is 0.254 e. The molecule has 1 amide bonds. The Morgan fingerprint density at radius 2 is 1.50 bits per heavy atom. The van der Waals surface area contributed by atoms with Crippen LogP contribution in [0.1, 0.15) is 35.2 Å². The zero-order valence-corrected chi connectivity index (χ0v) is 18.3. The van der Waals surface area contributed by atoms with Gasteiger partial charge in [-0.2, -0.15) is 4.31 Å². The van der Waals surface area contributed by atoms with Gasteiger partial charge in [0.25, 0.3) is 5.91 Å². The van der Waals surface area contributed by atoms with Gasteiger partial charge in [-0.15, -0.1) is 0 Å². The van der Waals surface area contributed by atoms with Gasteiger partial charge in [0.05, 0.1) is 4.90 Å². The summed E-state index contributed by atoms with van der Waals surface area (Å²) >= 11 is 0. The fourth-order valence-electron chi connectivity index (χ4n) is 4.22. The van der Waals surface area contributed by atoms with Crippen LogP contribution >= 0.6 is 0 Å². The average molecular weight is 428 g/mol. The summed E-state index contributed by atoms with van der Waals surface area (Å²) in [5.41, 5.74) is 2.46. The molecule has 0 aliphatic carbocycles. The van der Waals surface area contributed by atoms with Crippen molar-refractivity contribution in [2.24, 2.45) is 0 Å². The highest BCUT2D eigenvalue weighted by atomic mass is 32.2. The first-order valence-corrected chi connectivity index (χ1v) is 12.1. The molecule has 2 saturated heterocycles. The number of benzene rings is 2. The maximum absolute atomic E-state index is 13.2. The maximum atomic E-state index is 13.2. The van der Waals surface area contributed by atoms with Crippen LogP contribution < -0.4 is 4.90 Å². The summed E-state index contributed by atoms with van der Waals surface area (Å²) in [4.78, 5) is 17.5. The predicted octanol–water partition coefficient (Wildman–Crippen LogP) is 3.13. The van der Waals surface area contributed by atoms with E-state index in [0.717, 1.165) is 43.6 Å². The molecule has 7 heteroatoms. The fraction of sp³-hybridized carbons (Fsp3) is 0.435. The van der Waals surface area contributed by atoms with Crippen molar-refractivity contribution in [3.8, 4) is 0 Å². The summed E-state index contributed by atoms with van der Waals surface area (Å²) in [5, 5.41) is 0. The molecule has 0 bridgehead atoms. The van der Waals surface area contributed by atoms with Crippen LogP contribution in [0.5, 0.6) is 0 Å². The Labute approximate surface area is 179 Å². The molecule has 0 atom stereocenters. The number of carbonyl (C=O) groups is 1. The number of piperidine rings is 1. The van der Waals surface area contributed by atoms with E-state index in [0.29, 0.717) is 31.7 Å². The van der Waals surface area contributed by atoms with Crippen LogP contribution in [0.25, 0.3) is 0 Å². The number of rotatable bonds is 4. The molecular formula is C23H29N3O3S. The van der Waals surface area contributed by atoms with Gasteiger partial charge in [0.2, 0.25) is 10.0 Å². The number of para-hydroxylation sites is 1. The summed E-state index contributed by atoms with van der Waals surface area (Å²) in [6.07, 6.45) is 2.85. The summed E-state index contributed by atoms with van der Waals surface area (Å²) in [5.74, 6) is -0.0871. The highest BCUT2D eigenvalue weighted by Crippen LogP contribution is 2.24. The van der Waals surface area contributed by atoms with Crippen LogP contribution in [0.4, 0.5) is 5.69 Å². The zero-order chi connectivity index (χ0) is 21.1. The third kappa shape index (κ3) is 4.23. The van der Waals surface area contributed by atoms with E-state index in [1.807, 2.05) is 30.0 Å². The minimum absolute atomic E-state index is 0.0871. The van der Waals surface area contributed by atoms with Gasteiger partial charge in [-0.05, 0) is 49.6 Å². The predicted molar refractivity (Wildman–Crippen MR) is 118 cm³/mol. The van der Waals surface area contributed by atoms with Crippen molar-refractivity contribution in [3.05, 3.63) is 59.7 Å². The van der Waals surface area contributed by atoms with Crippen molar-refractivity contribution >= 4 is 21.6 Å². The molecule has 2 heterocycles. The van der Waals surface area contributed by atoms with Gasteiger partial charge in [0, 0.05) is 50.5 Å². The molecule has 2 aliphatic heterocycles. The molecular weight excluding hydrogens is 398 g/mol. The van der Waals surface area contributed by atoms with E-state index in [1.165, 1.54) is 0 Å². The Kier molecular flexibility index (Phi) is 6.11. The first-order valence-electron chi connectivity index (χ1n) is 10.7. The molecule has 2 aromatic carbocycles. The quantitative estimate of drug-likeness (QED) is 0.752. The first kappa shape index (κ1) is 20.9. The highest BCUT2D eigenvalue weighted by molar-refractivity contribution is 7.89. The van der Waals surface area contributed by atoms with Crippen LogP contribution in [0.2, 0.25) is 0 Å². The molecule has 4 rings (SSSR count). The van der Waals surface area contributed by atoms with Gasteiger partial charge >= 0.3 is 0 Å². The first-order chi connectivity index (χ1) is 14.5. The van der Waals surface area contributed by atoms with E-state index in [2.05, 4.69) is 17.0 Å². The van der Waals surface area contributed by atoms with Crippen molar-refractivity contribution in [2.75, 3.05) is 44.2 Å². The molecule has 0 unspecified atom stereocenters. The molecule has 2 aliphatic rings. The average Bonchev–Trinajstić information content (AvgIpc) is 2.80. The molecule has 6 nitrogen and oxygen atoms in total. The number of anilines is 1. The number of aryl methyl sites for hydroxylation is 1. The monoisotopic (exact) mass is 427 g/mol. The molecule has 0 N–H and O–H groups in total. The normalized spacial score (nSPS) is 18.4. The van der Waals surface area contributed by atoms with E-state index in [1.54, 1.807) is 22.5 Å². The van der Waals surface area contributed by atoms with E-state index in [-0.39, 0.29) is 10.8 Å². The number of carbonyl (C=O) groups excluding carboxylic acids is 1. The van der Waals surface area contributed by atoms with Crippen molar-refractivity contribution in [1.29, 1.82) is 0 Å². The smallest absolute Gasteiger partial charge is 0.254 e. The molecule has 0 aromatic heterocycles. The molecule has 2 fully saturated rings. The summed E-state index contributed by atoms with van der Waals surface area (Å²) < 4.78 is 27.6. The van der Waals surface area contributed by atoms with Crippen LogP contribution in [0.15, 0.2) is 53.4 Å². The summed E-state index contributed by atoms with van der Waals surface area (Å²) in [7, 11) is -3.56. The highest BCUT2D eigenvalue weighted by Gasteiger charge is 2.28. The van der Waals surface area contributed by atoms with E-state index in [4.69, 9.17) is 0 Å². The number of hydrogen-bond acceptors (Lipinski definition) is 4. The van der Waals surface area contributed by atoms with Gasteiger partial charge in [-0.3, -0.25) is 4.79 Å². The Balaban J connectivity index is 1.50. The number of nitrogens with zero attached hydrogens (tertiary/aromatic N) is 3. The van der Waals surface area contributed by atoms with E-state index < -0.39 is 10.0 Å².